The first-order chi connectivity index (χ1) is 12.0. The molecule has 1 heterocycles. The molecule has 5 nitrogen and oxygen atoms in total. The van der Waals surface area contributed by atoms with E-state index >= 15 is 0 Å². The zero-order chi connectivity index (χ0) is 17.9. The van der Waals surface area contributed by atoms with E-state index in [1.165, 1.54) is 29.6 Å². The first kappa shape index (κ1) is 18.7. The van der Waals surface area contributed by atoms with Crippen LogP contribution < -0.4 is 5.32 Å². The van der Waals surface area contributed by atoms with E-state index in [2.05, 4.69) is 5.32 Å². The van der Waals surface area contributed by atoms with Gasteiger partial charge in [-0.1, -0.05) is 36.9 Å². The molecule has 0 radical (unpaired) electrons. The van der Waals surface area contributed by atoms with Gasteiger partial charge in [-0.3, -0.25) is 4.79 Å². The summed E-state index contributed by atoms with van der Waals surface area (Å²) < 4.78 is 26.9. The summed E-state index contributed by atoms with van der Waals surface area (Å²) in [7, 11) is -3.54. The van der Waals surface area contributed by atoms with E-state index in [1.54, 1.807) is 18.2 Å². The molecule has 0 atom stereocenters. The molecule has 1 aromatic rings. The summed E-state index contributed by atoms with van der Waals surface area (Å²) in [5, 5.41) is 3.56. The molecular formula is C18H25ClN2O3S. The molecule has 25 heavy (non-hydrogen) atoms. The van der Waals surface area contributed by atoms with Crippen molar-refractivity contribution in [2.24, 2.45) is 5.92 Å². The van der Waals surface area contributed by atoms with Gasteiger partial charge in [0, 0.05) is 30.1 Å². The molecule has 0 bridgehead atoms. The van der Waals surface area contributed by atoms with Gasteiger partial charge in [0.25, 0.3) is 0 Å². The SMILES string of the molecule is O=C(NC1CCCCC1)C1CCN(S(=O)(=O)c2cccc(Cl)c2)CC1. The third kappa shape index (κ3) is 4.54. The number of carbonyl (C=O) groups is 1. The third-order valence-electron chi connectivity index (χ3n) is 5.21. The summed E-state index contributed by atoms with van der Waals surface area (Å²) in [5.74, 6) is -0.000517. The molecule has 1 aromatic carbocycles. The lowest BCUT2D eigenvalue weighted by molar-refractivity contribution is -0.127. The van der Waals surface area contributed by atoms with Crippen molar-refractivity contribution in [2.75, 3.05) is 13.1 Å². The number of halogens is 1. The van der Waals surface area contributed by atoms with Gasteiger partial charge in [0.15, 0.2) is 0 Å². The highest BCUT2D eigenvalue weighted by Crippen LogP contribution is 2.26. The van der Waals surface area contributed by atoms with Crippen LogP contribution in [-0.2, 0) is 14.8 Å². The number of nitrogens with one attached hydrogen (secondary N) is 1. The summed E-state index contributed by atoms with van der Waals surface area (Å²) >= 11 is 5.91. The average Bonchev–Trinajstić information content (AvgIpc) is 2.62. The van der Waals surface area contributed by atoms with E-state index < -0.39 is 10.0 Å². The van der Waals surface area contributed by atoms with Crippen LogP contribution in [0.25, 0.3) is 0 Å². The second-order valence-electron chi connectivity index (χ2n) is 6.98. The van der Waals surface area contributed by atoms with Gasteiger partial charge in [-0.2, -0.15) is 4.31 Å². The van der Waals surface area contributed by atoms with Crippen molar-refractivity contribution in [1.29, 1.82) is 0 Å². The predicted octanol–water partition coefficient (Wildman–Crippen LogP) is 3.19. The Morgan fingerprint density at radius 3 is 2.40 bits per heavy atom. The van der Waals surface area contributed by atoms with Crippen LogP contribution in [0.5, 0.6) is 0 Å². The van der Waals surface area contributed by atoms with E-state index in [-0.39, 0.29) is 16.7 Å². The second kappa shape index (κ2) is 8.06. The maximum Gasteiger partial charge on any atom is 0.243 e. The van der Waals surface area contributed by atoms with Gasteiger partial charge in [-0.15, -0.1) is 0 Å². The van der Waals surface area contributed by atoms with Crippen molar-refractivity contribution < 1.29 is 13.2 Å². The monoisotopic (exact) mass is 384 g/mol. The van der Waals surface area contributed by atoms with Crippen LogP contribution in [0.3, 0.4) is 0 Å². The minimum Gasteiger partial charge on any atom is -0.353 e. The van der Waals surface area contributed by atoms with Gasteiger partial charge in [0.2, 0.25) is 15.9 Å². The summed E-state index contributed by atoms with van der Waals surface area (Å²) in [6, 6.07) is 6.62. The Balaban J connectivity index is 1.56. The lowest BCUT2D eigenvalue weighted by Gasteiger charge is -2.32. The average molecular weight is 385 g/mol. The topological polar surface area (TPSA) is 66.5 Å². The highest BCUT2D eigenvalue weighted by atomic mass is 35.5. The van der Waals surface area contributed by atoms with Crippen molar-refractivity contribution >= 4 is 27.5 Å². The van der Waals surface area contributed by atoms with Crippen LogP contribution >= 0.6 is 11.6 Å². The van der Waals surface area contributed by atoms with E-state index in [0.29, 0.717) is 37.0 Å². The Bertz CT molecular complexity index is 709. The van der Waals surface area contributed by atoms with Crippen LogP contribution in [0.1, 0.15) is 44.9 Å². The summed E-state index contributed by atoms with van der Waals surface area (Å²) in [6.07, 6.45) is 6.88. The number of piperidine rings is 1. The lowest BCUT2D eigenvalue weighted by Crippen LogP contribution is -2.45. The largest absolute Gasteiger partial charge is 0.353 e. The van der Waals surface area contributed by atoms with Crippen LogP contribution in [0, 0.1) is 5.92 Å². The van der Waals surface area contributed by atoms with E-state index in [9.17, 15) is 13.2 Å². The van der Waals surface area contributed by atoms with Gasteiger partial charge in [-0.25, -0.2) is 8.42 Å². The molecule has 1 aliphatic heterocycles. The molecule has 0 unspecified atom stereocenters. The standard InChI is InChI=1S/C18H25ClN2O3S/c19-15-5-4-8-17(13-15)25(23,24)21-11-9-14(10-12-21)18(22)20-16-6-2-1-3-7-16/h4-5,8,13-14,16H,1-3,6-7,9-12H2,(H,20,22). The zero-order valence-corrected chi connectivity index (χ0v) is 15.9. The minimum atomic E-state index is -3.54. The number of carbonyl (C=O) groups excluding carboxylic acids is 1. The van der Waals surface area contributed by atoms with E-state index in [1.807, 2.05) is 0 Å². The Kier molecular flexibility index (Phi) is 6.02. The number of amides is 1. The van der Waals surface area contributed by atoms with Gasteiger partial charge in [0.05, 0.1) is 4.90 Å². The van der Waals surface area contributed by atoms with Crippen molar-refractivity contribution in [3.63, 3.8) is 0 Å². The highest BCUT2D eigenvalue weighted by Gasteiger charge is 2.32. The fourth-order valence-electron chi connectivity index (χ4n) is 3.70. The molecular weight excluding hydrogens is 360 g/mol. The summed E-state index contributed by atoms with van der Waals surface area (Å²) in [4.78, 5) is 12.7. The smallest absolute Gasteiger partial charge is 0.243 e. The maximum atomic E-state index is 12.7. The number of hydrogen-bond donors (Lipinski definition) is 1. The van der Waals surface area contributed by atoms with Crippen LogP contribution in [0.2, 0.25) is 5.02 Å². The molecule has 2 aliphatic rings. The van der Waals surface area contributed by atoms with Gasteiger partial charge < -0.3 is 5.32 Å². The van der Waals surface area contributed by atoms with Crippen LogP contribution in [-0.4, -0.2) is 37.8 Å². The normalized spacial score (nSPS) is 21.2. The molecule has 1 amide bonds. The molecule has 1 saturated heterocycles. The van der Waals surface area contributed by atoms with Crippen LogP contribution in [0.15, 0.2) is 29.2 Å². The summed E-state index contributed by atoms with van der Waals surface area (Å²) in [5.41, 5.74) is 0. The number of hydrogen-bond acceptors (Lipinski definition) is 3. The summed E-state index contributed by atoms with van der Waals surface area (Å²) in [6.45, 7) is 0.745. The molecule has 2 fully saturated rings. The number of nitrogens with zero attached hydrogens (tertiary/aromatic N) is 1. The van der Waals surface area contributed by atoms with Crippen molar-refractivity contribution in [3.8, 4) is 0 Å². The van der Waals surface area contributed by atoms with E-state index in [0.717, 1.165) is 12.8 Å². The molecule has 1 saturated carbocycles. The predicted molar refractivity (Wildman–Crippen MR) is 98.0 cm³/mol. The maximum absolute atomic E-state index is 12.7. The Hall–Kier alpha value is -1.11. The van der Waals surface area contributed by atoms with Crippen LogP contribution in [0.4, 0.5) is 0 Å². The lowest BCUT2D eigenvalue weighted by atomic mass is 9.93. The van der Waals surface area contributed by atoms with Gasteiger partial charge >= 0.3 is 0 Å². The second-order valence-corrected chi connectivity index (χ2v) is 9.35. The fraction of sp³-hybridized carbons (Fsp3) is 0.611. The molecule has 0 spiro atoms. The molecule has 3 rings (SSSR count). The highest BCUT2D eigenvalue weighted by molar-refractivity contribution is 7.89. The number of benzene rings is 1. The first-order valence-corrected chi connectivity index (χ1v) is 10.8. The van der Waals surface area contributed by atoms with Gasteiger partial charge in [-0.05, 0) is 43.9 Å². The molecule has 7 heteroatoms. The molecule has 1 aliphatic carbocycles. The Labute approximate surface area is 154 Å². The van der Waals surface area contributed by atoms with Crippen molar-refractivity contribution in [3.05, 3.63) is 29.3 Å². The fourth-order valence-corrected chi connectivity index (χ4v) is 5.47. The zero-order valence-electron chi connectivity index (χ0n) is 14.3. The van der Waals surface area contributed by atoms with Crippen molar-refractivity contribution in [1.82, 2.24) is 9.62 Å². The van der Waals surface area contributed by atoms with Gasteiger partial charge in [0.1, 0.15) is 0 Å². The van der Waals surface area contributed by atoms with E-state index in [4.69, 9.17) is 11.6 Å². The minimum absolute atomic E-state index is 0.0895. The van der Waals surface area contributed by atoms with Crippen molar-refractivity contribution in [2.45, 2.75) is 55.9 Å². The third-order valence-corrected chi connectivity index (χ3v) is 7.34. The Morgan fingerprint density at radius 2 is 1.76 bits per heavy atom. The number of sulfonamides is 1. The number of rotatable bonds is 4. The Morgan fingerprint density at radius 1 is 1.08 bits per heavy atom. The molecule has 1 N–H and O–H groups in total. The molecule has 0 aromatic heterocycles. The quantitative estimate of drug-likeness (QED) is 0.866. The molecule has 138 valence electrons. The first-order valence-electron chi connectivity index (χ1n) is 9.03.